The molecule has 3 heteroatoms. The number of phenols is 1. The lowest BCUT2D eigenvalue weighted by Crippen LogP contribution is -2.14. The van der Waals surface area contributed by atoms with E-state index in [1.54, 1.807) is 6.07 Å². The van der Waals surface area contributed by atoms with Gasteiger partial charge in [0.2, 0.25) is 0 Å². The Labute approximate surface area is 103 Å². The molecular formula is C14H22FNO. The van der Waals surface area contributed by atoms with Gasteiger partial charge in [-0.3, -0.25) is 0 Å². The van der Waals surface area contributed by atoms with Crippen molar-refractivity contribution in [2.45, 2.75) is 39.7 Å². The molecule has 0 saturated heterocycles. The summed E-state index contributed by atoms with van der Waals surface area (Å²) < 4.78 is 13.0. The maximum Gasteiger partial charge on any atom is 0.165 e. The first kappa shape index (κ1) is 14.0. The Morgan fingerprint density at radius 3 is 2.71 bits per heavy atom. The lowest BCUT2D eigenvalue weighted by atomic mass is 10.1. The van der Waals surface area contributed by atoms with Crippen LogP contribution in [-0.2, 0) is 6.54 Å². The average Bonchev–Trinajstić information content (AvgIpc) is 2.27. The van der Waals surface area contributed by atoms with E-state index in [0.29, 0.717) is 6.54 Å². The first-order chi connectivity index (χ1) is 8.09. The van der Waals surface area contributed by atoms with E-state index in [4.69, 9.17) is 5.11 Å². The molecule has 0 amide bonds. The van der Waals surface area contributed by atoms with Gasteiger partial charge in [0, 0.05) is 6.54 Å². The summed E-state index contributed by atoms with van der Waals surface area (Å²) in [7, 11) is 0. The van der Waals surface area contributed by atoms with E-state index in [1.807, 2.05) is 0 Å². The molecule has 1 aromatic rings. The molecule has 0 fully saturated rings. The van der Waals surface area contributed by atoms with E-state index in [0.717, 1.165) is 24.4 Å². The molecule has 0 atom stereocenters. The smallest absolute Gasteiger partial charge is 0.165 e. The highest BCUT2D eigenvalue weighted by atomic mass is 19.1. The van der Waals surface area contributed by atoms with Crippen LogP contribution in [0.2, 0.25) is 0 Å². The van der Waals surface area contributed by atoms with Gasteiger partial charge in [-0.2, -0.15) is 0 Å². The van der Waals surface area contributed by atoms with Crippen LogP contribution in [0.4, 0.5) is 4.39 Å². The number of aromatic hydroxyl groups is 1. The summed E-state index contributed by atoms with van der Waals surface area (Å²) >= 11 is 0. The van der Waals surface area contributed by atoms with Crippen molar-refractivity contribution in [3.8, 4) is 5.75 Å². The number of rotatable bonds is 7. The Balaban J connectivity index is 2.16. The average molecular weight is 239 g/mol. The van der Waals surface area contributed by atoms with Gasteiger partial charge in [0.15, 0.2) is 11.6 Å². The predicted octanol–water partition coefficient (Wildman–Crippen LogP) is 3.45. The number of hydrogen-bond donors (Lipinski definition) is 2. The van der Waals surface area contributed by atoms with Crippen LogP contribution in [0, 0.1) is 11.7 Å². The number of phenolic OH excluding ortho intramolecular Hbond substituents is 1. The molecule has 0 saturated carbocycles. The number of halogens is 1. The summed E-state index contributed by atoms with van der Waals surface area (Å²) in [6.45, 7) is 6.06. The molecular weight excluding hydrogens is 217 g/mol. The SMILES string of the molecule is CC(C)CCCCNCc1ccc(O)c(F)c1. The van der Waals surface area contributed by atoms with Crippen molar-refractivity contribution in [2.75, 3.05) is 6.54 Å². The number of benzene rings is 1. The highest BCUT2D eigenvalue weighted by molar-refractivity contribution is 5.27. The van der Waals surface area contributed by atoms with Gasteiger partial charge < -0.3 is 10.4 Å². The highest BCUT2D eigenvalue weighted by Gasteiger charge is 2.01. The van der Waals surface area contributed by atoms with Crippen LogP contribution in [0.15, 0.2) is 18.2 Å². The summed E-state index contributed by atoms with van der Waals surface area (Å²) in [5.41, 5.74) is 0.865. The van der Waals surface area contributed by atoms with E-state index >= 15 is 0 Å². The molecule has 2 N–H and O–H groups in total. The molecule has 96 valence electrons. The van der Waals surface area contributed by atoms with Gasteiger partial charge >= 0.3 is 0 Å². The quantitative estimate of drug-likeness (QED) is 0.714. The lowest BCUT2D eigenvalue weighted by Gasteiger charge is -2.07. The first-order valence-corrected chi connectivity index (χ1v) is 6.27. The third-order valence-corrected chi connectivity index (χ3v) is 2.73. The summed E-state index contributed by atoms with van der Waals surface area (Å²) in [4.78, 5) is 0. The van der Waals surface area contributed by atoms with Gasteiger partial charge in [0.1, 0.15) is 0 Å². The molecule has 0 radical (unpaired) electrons. The molecule has 17 heavy (non-hydrogen) atoms. The van der Waals surface area contributed by atoms with Gasteiger partial charge in [0.05, 0.1) is 0 Å². The minimum absolute atomic E-state index is 0.286. The molecule has 0 aliphatic rings. The predicted molar refractivity (Wildman–Crippen MR) is 68.5 cm³/mol. The first-order valence-electron chi connectivity index (χ1n) is 6.27. The normalized spacial score (nSPS) is 11.1. The molecule has 0 aromatic heterocycles. The molecule has 0 bridgehead atoms. The van der Waals surface area contributed by atoms with Crippen LogP contribution in [0.3, 0.4) is 0 Å². The second-order valence-corrected chi connectivity index (χ2v) is 4.85. The zero-order valence-electron chi connectivity index (χ0n) is 10.7. The van der Waals surface area contributed by atoms with Crippen molar-refractivity contribution < 1.29 is 9.50 Å². The maximum absolute atomic E-state index is 13.0. The van der Waals surface area contributed by atoms with Crippen molar-refractivity contribution in [1.29, 1.82) is 0 Å². The monoisotopic (exact) mass is 239 g/mol. The topological polar surface area (TPSA) is 32.3 Å². The fourth-order valence-corrected chi connectivity index (χ4v) is 1.70. The summed E-state index contributed by atoms with van der Waals surface area (Å²) in [6, 6.07) is 4.50. The van der Waals surface area contributed by atoms with Crippen LogP contribution < -0.4 is 5.32 Å². The van der Waals surface area contributed by atoms with Crippen molar-refractivity contribution in [3.63, 3.8) is 0 Å². The Hall–Kier alpha value is -1.09. The fraction of sp³-hybridized carbons (Fsp3) is 0.571. The highest BCUT2D eigenvalue weighted by Crippen LogP contribution is 2.15. The van der Waals surface area contributed by atoms with E-state index in [-0.39, 0.29) is 5.75 Å². The van der Waals surface area contributed by atoms with Crippen LogP contribution >= 0.6 is 0 Å². The molecule has 2 nitrogen and oxygen atoms in total. The third-order valence-electron chi connectivity index (χ3n) is 2.73. The summed E-state index contributed by atoms with van der Waals surface area (Å²) in [5, 5.41) is 12.3. The van der Waals surface area contributed by atoms with Crippen LogP contribution in [0.25, 0.3) is 0 Å². The van der Waals surface area contributed by atoms with Crippen molar-refractivity contribution >= 4 is 0 Å². The zero-order valence-corrected chi connectivity index (χ0v) is 10.7. The van der Waals surface area contributed by atoms with E-state index in [1.165, 1.54) is 25.0 Å². The second-order valence-electron chi connectivity index (χ2n) is 4.85. The molecule has 1 rings (SSSR count). The van der Waals surface area contributed by atoms with Crippen LogP contribution in [-0.4, -0.2) is 11.7 Å². The minimum Gasteiger partial charge on any atom is -0.505 e. The Bertz CT molecular complexity index is 339. The standard InChI is InChI=1S/C14H22FNO/c1-11(2)5-3-4-8-16-10-12-6-7-14(17)13(15)9-12/h6-7,9,11,16-17H,3-5,8,10H2,1-2H3. The largest absolute Gasteiger partial charge is 0.505 e. The number of unbranched alkanes of at least 4 members (excludes halogenated alkanes) is 1. The Morgan fingerprint density at radius 1 is 1.29 bits per heavy atom. The maximum atomic E-state index is 13.0. The van der Waals surface area contributed by atoms with Crippen LogP contribution in [0.1, 0.15) is 38.7 Å². The van der Waals surface area contributed by atoms with Gasteiger partial charge in [-0.15, -0.1) is 0 Å². The van der Waals surface area contributed by atoms with Crippen LogP contribution in [0.5, 0.6) is 5.75 Å². The van der Waals surface area contributed by atoms with Gasteiger partial charge in [0.25, 0.3) is 0 Å². The Kier molecular flexibility index (Phi) is 5.98. The van der Waals surface area contributed by atoms with Gasteiger partial charge in [-0.25, -0.2) is 4.39 Å². The minimum atomic E-state index is -0.552. The zero-order chi connectivity index (χ0) is 12.7. The lowest BCUT2D eigenvalue weighted by molar-refractivity contribution is 0.431. The number of nitrogens with one attached hydrogen (secondary N) is 1. The molecule has 0 unspecified atom stereocenters. The molecule has 0 spiro atoms. The molecule has 0 heterocycles. The summed E-state index contributed by atoms with van der Waals surface area (Å²) in [6.07, 6.45) is 3.64. The molecule has 1 aromatic carbocycles. The van der Waals surface area contributed by atoms with E-state index < -0.39 is 5.82 Å². The van der Waals surface area contributed by atoms with Crippen molar-refractivity contribution in [1.82, 2.24) is 5.32 Å². The van der Waals surface area contributed by atoms with E-state index in [9.17, 15) is 4.39 Å². The van der Waals surface area contributed by atoms with Crippen molar-refractivity contribution in [3.05, 3.63) is 29.6 Å². The third kappa shape index (κ3) is 5.68. The molecule has 0 aliphatic heterocycles. The fourth-order valence-electron chi connectivity index (χ4n) is 1.70. The van der Waals surface area contributed by atoms with E-state index in [2.05, 4.69) is 19.2 Å². The Morgan fingerprint density at radius 2 is 2.06 bits per heavy atom. The molecule has 0 aliphatic carbocycles. The van der Waals surface area contributed by atoms with Crippen molar-refractivity contribution in [2.24, 2.45) is 5.92 Å². The number of hydrogen-bond acceptors (Lipinski definition) is 2. The van der Waals surface area contributed by atoms with Gasteiger partial charge in [-0.05, 0) is 36.6 Å². The second kappa shape index (κ2) is 7.28. The summed E-state index contributed by atoms with van der Waals surface area (Å²) in [5.74, 6) is -0.0732. The van der Waals surface area contributed by atoms with Gasteiger partial charge in [-0.1, -0.05) is 32.8 Å².